The Hall–Kier alpha value is -3.03. The summed E-state index contributed by atoms with van der Waals surface area (Å²) in [5.41, 5.74) is 5.74. The number of nitrogens with zero attached hydrogens (tertiary/aromatic N) is 2. The Bertz CT molecular complexity index is 855. The highest BCUT2D eigenvalue weighted by molar-refractivity contribution is 5.92. The van der Waals surface area contributed by atoms with Crippen LogP contribution < -0.4 is 10.6 Å². The molecule has 1 aromatic heterocycles. The van der Waals surface area contributed by atoms with Gasteiger partial charge in [0.05, 0.1) is 17.8 Å². The van der Waals surface area contributed by atoms with Crippen molar-refractivity contribution < 1.29 is 23.1 Å². The minimum absolute atomic E-state index is 0.262. The smallest absolute Gasteiger partial charge is 0.405 e. The van der Waals surface area contributed by atoms with Crippen molar-refractivity contribution >= 4 is 18.1 Å². The van der Waals surface area contributed by atoms with Crippen molar-refractivity contribution in [2.75, 3.05) is 18.0 Å². The van der Waals surface area contributed by atoms with Crippen LogP contribution in [-0.2, 0) is 4.74 Å². The number of aromatic nitrogens is 1. The number of carbonyl (C=O) groups is 2. The van der Waals surface area contributed by atoms with Crippen LogP contribution in [0.25, 0.3) is 11.1 Å². The van der Waals surface area contributed by atoms with E-state index >= 15 is 0 Å². The van der Waals surface area contributed by atoms with Gasteiger partial charge in [-0.15, -0.1) is 0 Å². The quantitative estimate of drug-likeness (QED) is 0.847. The van der Waals surface area contributed by atoms with Gasteiger partial charge in [0.15, 0.2) is 6.29 Å². The van der Waals surface area contributed by atoms with Gasteiger partial charge in [-0.1, -0.05) is 0 Å². The fourth-order valence-corrected chi connectivity index (χ4v) is 3.28. The van der Waals surface area contributed by atoms with Crippen LogP contribution in [0.15, 0.2) is 30.6 Å². The molecule has 1 aliphatic heterocycles. The average Bonchev–Trinajstić information content (AvgIpc) is 2.93. The topological polar surface area (TPSA) is 85.5 Å². The Balaban J connectivity index is 2.07. The summed E-state index contributed by atoms with van der Waals surface area (Å²) >= 11 is 0. The zero-order chi connectivity index (χ0) is 18.9. The molecule has 2 heterocycles. The van der Waals surface area contributed by atoms with Gasteiger partial charge in [-0.3, -0.25) is 9.78 Å². The molecule has 0 spiro atoms. The molecule has 0 radical (unpaired) electrons. The first kappa shape index (κ1) is 17.8. The van der Waals surface area contributed by atoms with Crippen LogP contribution in [0.2, 0.25) is 0 Å². The molecule has 0 bridgehead atoms. The summed E-state index contributed by atoms with van der Waals surface area (Å²) in [6, 6.07) is 3.12. The third kappa shape index (κ3) is 3.49. The van der Waals surface area contributed by atoms with Crippen molar-refractivity contribution in [1.29, 1.82) is 0 Å². The minimum atomic E-state index is -0.882. The van der Waals surface area contributed by atoms with Crippen molar-refractivity contribution in [2.45, 2.75) is 18.9 Å². The van der Waals surface area contributed by atoms with Crippen molar-refractivity contribution in [2.24, 2.45) is 5.73 Å². The van der Waals surface area contributed by atoms with Gasteiger partial charge in [0, 0.05) is 37.0 Å². The van der Waals surface area contributed by atoms with Crippen LogP contribution in [0.3, 0.4) is 0 Å². The molecule has 2 aromatic rings. The summed E-state index contributed by atoms with van der Waals surface area (Å²) in [7, 11) is 0. The Morgan fingerprint density at radius 2 is 2.00 bits per heavy atom. The lowest BCUT2D eigenvalue weighted by atomic mass is 10.0. The third-order valence-corrected chi connectivity index (χ3v) is 4.35. The number of hydrogen-bond acceptors (Lipinski definition) is 5. The fourth-order valence-electron chi connectivity index (χ4n) is 3.28. The van der Waals surface area contributed by atoms with E-state index in [2.05, 4.69) is 4.98 Å². The molecule has 1 amide bonds. The number of carbonyl (C=O) groups excluding carboxylic acids is 2. The van der Waals surface area contributed by atoms with Gasteiger partial charge < -0.3 is 15.4 Å². The van der Waals surface area contributed by atoms with E-state index in [0.29, 0.717) is 30.5 Å². The number of rotatable bonds is 4. The van der Waals surface area contributed by atoms with Crippen LogP contribution in [0.1, 0.15) is 23.7 Å². The fraction of sp³-hybridized carbons (Fsp3) is 0.278. The van der Waals surface area contributed by atoms with Crippen LogP contribution in [0.5, 0.6) is 0 Å². The maximum atomic E-state index is 13.7. The molecule has 1 unspecified atom stereocenters. The van der Waals surface area contributed by atoms with Crippen molar-refractivity contribution in [3.8, 4) is 11.1 Å². The zero-order valence-corrected chi connectivity index (χ0v) is 14.0. The maximum Gasteiger partial charge on any atom is 0.405 e. The summed E-state index contributed by atoms with van der Waals surface area (Å²) in [4.78, 5) is 28.5. The Kier molecular flexibility index (Phi) is 4.58. The number of nitrogens with two attached hydrogens (primary N) is 1. The molecule has 2 N–H and O–H groups in total. The van der Waals surface area contributed by atoms with Crippen molar-refractivity contribution in [1.82, 2.24) is 4.98 Å². The van der Waals surface area contributed by atoms with Crippen molar-refractivity contribution in [3.63, 3.8) is 0 Å². The predicted octanol–water partition coefficient (Wildman–Crippen LogP) is 2.90. The number of primary amides is 1. The van der Waals surface area contributed by atoms with Gasteiger partial charge in [-0.2, -0.15) is 0 Å². The van der Waals surface area contributed by atoms with E-state index in [9.17, 15) is 18.4 Å². The second-order valence-electron chi connectivity index (χ2n) is 6.44. The first-order chi connectivity index (χ1) is 12.3. The number of amides is 1. The summed E-state index contributed by atoms with van der Waals surface area (Å²) < 4.78 is 32.5. The van der Waals surface area contributed by atoms with Crippen LogP contribution in [0, 0.1) is 11.6 Å². The van der Waals surface area contributed by atoms with E-state index < -0.39 is 23.3 Å². The highest BCUT2D eigenvalue weighted by Gasteiger charge is 2.38. The van der Waals surface area contributed by atoms with E-state index in [4.69, 9.17) is 10.5 Å². The van der Waals surface area contributed by atoms with Gasteiger partial charge in [-0.25, -0.2) is 13.6 Å². The SMILES string of the molecule is CC1(OC(N)=O)CCN(c2c(C=O)cncc2-c2cc(F)cc(F)c2)C1. The van der Waals surface area contributed by atoms with Gasteiger partial charge in [0.25, 0.3) is 0 Å². The van der Waals surface area contributed by atoms with Gasteiger partial charge in [0.2, 0.25) is 0 Å². The van der Waals surface area contributed by atoms with Gasteiger partial charge in [0.1, 0.15) is 17.2 Å². The third-order valence-electron chi connectivity index (χ3n) is 4.35. The largest absolute Gasteiger partial charge is 0.441 e. The number of ether oxygens (including phenoxy) is 1. The molecule has 3 rings (SSSR count). The molecule has 0 saturated carbocycles. The molecule has 136 valence electrons. The van der Waals surface area contributed by atoms with E-state index in [1.54, 1.807) is 6.92 Å². The van der Waals surface area contributed by atoms with E-state index in [-0.39, 0.29) is 17.7 Å². The number of anilines is 1. The number of hydrogen-bond donors (Lipinski definition) is 1. The average molecular weight is 361 g/mol. The monoisotopic (exact) mass is 361 g/mol. The minimum Gasteiger partial charge on any atom is -0.441 e. The Morgan fingerprint density at radius 3 is 2.62 bits per heavy atom. The second-order valence-corrected chi connectivity index (χ2v) is 6.44. The highest BCUT2D eigenvalue weighted by atomic mass is 19.1. The number of pyridine rings is 1. The second kappa shape index (κ2) is 6.70. The first-order valence-electron chi connectivity index (χ1n) is 7.94. The Labute approximate surface area is 148 Å². The number of benzene rings is 1. The lowest BCUT2D eigenvalue weighted by molar-refractivity contribution is 0.0480. The summed E-state index contributed by atoms with van der Waals surface area (Å²) in [6.07, 6.45) is 3.07. The molecular weight excluding hydrogens is 344 g/mol. The Morgan fingerprint density at radius 1 is 1.31 bits per heavy atom. The molecule has 1 fully saturated rings. The van der Waals surface area contributed by atoms with Crippen LogP contribution >= 0.6 is 0 Å². The first-order valence-corrected chi connectivity index (χ1v) is 7.94. The van der Waals surface area contributed by atoms with Gasteiger partial charge in [-0.05, 0) is 24.6 Å². The molecular formula is C18H17F2N3O3. The summed E-state index contributed by atoms with van der Waals surface area (Å²) in [5, 5.41) is 0. The number of aldehydes is 1. The van der Waals surface area contributed by atoms with E-state index in [1.165, 1.54) is 24.5 Å². The van der Waals surface area contributed by atoms with Crippen LogP contribution in [-0.4, -0.2) is 36.1 Å². The molecule has 1 atom stereocenters. The molecule has 1 aliphatic rings. The molecule has 8 heteroatoms. The van der Waals surface area contributed by atoms with Gasteiger partial charge >= 0.3 is 6.09 Å². The normalized spacial score (nSPS) is 19.4. The van der Waals surface area contributed by atoms with Crippen molar-refractivity contribution in [3.05, 3.63) is 47.8 Å². The lowest BCUT2D eigenvalue weighted by Crippen LogP contribution is -2.37. The predicted molar refractivity (Wildman–Crippen MR) is 90.9 cm³/mol. The van der Waals surface area contributed by atoms with Crippen LogP contribution in [0.4, 0.5) is 19.3 Å². The lowest BCUT2D eigenvalue weighted by Gasteiger charge is -2.27. The zero-order valence-electron chi connectivity index (χ0n) is 14.0. The molecule has 6 nitrogen and oxygen atoms in total. The maximum absolute atomic E-state index is 13.7. The highest BCUT2D eigenvalue weighted by Crippen LogP contribution is 2.38. The summed E-state index contributed by atoms with van der Waals surface area (Å²) in [6.45, 7) is 2.49. The van der Waals surface area contributed by atoms with E-state index in [0.717, 1.165) is 6.07 Å². The standard InChI is InChI=1S/C18H17F2N3O3/c1-18(26-17(21)25)2-3-23(10-18)16-12(9-24)7-22-8-15(16)11-4-13(19)6-14(20)5-11/h4-9H,2-3,10H2,1H3,(H2,21,25). The summed E-state index contributed by atoms with van der Waals surface area (Å²) in [5.74, 6) is -1.46. The molecule has 0 aliphatic carbocycles. The molecule has 1 aromatic carbocycles. The molecule has 26 heavy (non-hydrogen) atoms. The molecule has 1 saturated heterocycles. The number of halogens is 2. The van der Waals surface area contributed by atoms with E-state index in [1.807, 2.05) is 4.90 Å².